The van der Waals surface area contributed by atoms with E-state index in [1.165, 1.54) is 0 Å². The van der Waals surface area contributed by atoms with Gasteiger partial charge in [-0.25, -0.2) is 0 Å². The first-order chi connectivity index (χ1) is 10.1. The highest BCUT2D eigenvalue weighted by atomic mass is 79.9. The van der Waals surface area contributed by atoms with Gasteiger partial charge < -0.3 is 10.1 Å². The molecule has 0 fully saturated rings. The Kier molecular flexibility index (Phi) is 4.96. The van der Waals surface area contributed by atoms with Gasteiger partial charge in [-0.3, -0.25) is 4.79 Å². The summed E-state index contributed by atoms with van der Waals surface area (Å²) in [6.07, 6.45) is 0. The number of rotatable bonds is 4. The molecule has 0 aliphatic carbocycles. The molecule has 2 rings (SSSR count). The maximum atomic E-state index is 11.8. The van der Waals surface area contributed by atoms with Crippen LogP contribution in [0.3, 0.4) is 0 Å². The molecule has 0 heterocycles. The van der Waals surface area contributed by atoms with Crippen LogP contribution in [-0.4, -0.2) is 12.5 Å². The lowest BCUT2D eigenvalue weighted by Crippen LogP contribution is -2.20. The molecule has 1 amide bonds. The van der Waals surface area contributed by atoms with Crippen LogP contribution in [0.5, 0.6) is 5.75 Å². The third kappa shape index (κ3) is 4.33. The number of nitrogens with one attached hydrogen (secondary N) is 1. The SMILES string of the molecule is Cc1ccc(NC(=O)COc2cccc(C#N)c2)cc1Br. The Bertz CT molecular complexity index is 708. The zero-order valence-corrected chi connectivity index (χ0v) is 13.0. The summed E-state index contributed by atoms with van der Waals surface area (Å²) in [6.45, 7) is 1.86. The van der Waals surface area contributed by atoms with Gasteiger partial charge in [0.2, 0.25) is 0 Å². The lowest BCUT2D eigenvalue weighted by Gasteiger charge is -2.08. The van der Waals surface area contributed by atoms with E-state index in [1.54, 1.807) is 24.3 Å². The Balaban J connectivity index is 1.92. The zero-order valence-electron chi connectivity index (χ0n) is 11.4. The third-order valence-electron chi connectivity index (χ3n) is 2.79. The van der Waals surface area contributed by atoms with Gasteiger partial charge in [0, 0.05) is 10.2 Å². The van der Waals surface area contributed by atoms with E-state index in [-0.39, 0.29) is 12.5 Å². The number of halogens is 1. The van der Waals surface area contributed by atoms with Crippen LogP contribution in [0.2, 0.25) is 0 Å². The molecule has 0 atom stereocenters. The first kappa shape index (κ1) is 15.1. The lowest BCUT2D eigenvalue weighted by molar-refractivity contribution is -0.118. The topological polar surface area (TPSA) is 62.1 Å². The summed E-state index contributed by atoms with van der Waals surface area (Å²) >= 11 is 3.41. The summed E-state index contributed by atoms with van der Waals surface area (Å²) in [5, 5.41) is 11.5. The predicted octanol–water partition coefficient (Wildman–Crippen LogP) is 3.65. The molecule has 0 unspecified atom stereocenters. The van der Waals surface area contributed by atoms with E-state index >= 15 is 0 Å². The second-order valence-electron chi connectivity index (χ2n) is 4.44. The molecule has 106 valence electrons. The normalized spacial score (nSPS) is 9.76. The number of amides is 1. The monoisotopic (exact) mass is 344 g/mol. The number of ether oxygens (including phenoxy) is 1. The molecular weight excluding hydrogens is 332 g/mol. The van der Waals surface area contributed by atoms with Crippen molar-refractivity contribution in [2.45, 2.75) is 6.92 Å². The van der Waals surface area contributed by atoms with Crippen molar-refractivity contribution in [2.75, 3.05) is 11.9 Å². The predicted molar refractivity (Wildman–Crippen MR) is 84.2 cm³/mol. The van der Waals surface area contributed by atoms with Gasteiger partial charge in [-0.2, -0.15) is 5.26 Å². The third-order valence-corrected chi connectivity index (χ3v) is 3.64. The lowest BCUT2D eigenvalue weighted by atomic mass is 10.2. The summed E-state index contributed by atoms with van der Waals surface area (Å²) in [5.74, 6) is 0.238. The van der Waals surface area contributed by atoms with Crippen LogP contribution in [0.1, 0.15) is 11.1 Å². The number of nitriles is 1. The van der Waals surface area contributed by atoms with Gasteiger partial charge in [-0.05, 0) is 42.8 Å². The minimum atomic E-state index is -0.256. The first-order valence-corrected chi connectivity index (χ1v) is 7.07. The Hall–Kier alpha value is -2.32. The van der Waals surface area contributed by atoms with Gasteiger partial charge in [-0.1, -0.05) is 28.1 Å². The molecule has 21 heavy (non-hydrogen) atoms. The summed E-state index contributed by atoms with van der Waals surface area (Å²) in [7, 11) is 0. The number of carbonyl (C=O) groups excluding carboxylic acids is 1. The molecule has 0 radical (unpaired) electrons. The van der Waals surface area contributed by atoms with Gasteiger partial charge in [0.1, 0.15) is 5.75 Å². The average Bonchev–Trinajstić information content (AvgIpc) is 2.49. The standard InChI is InChI=1S/C16H13BrN2O2/c1-11-5-6-13(8-15(11)17)19-16(20)10-21-14-4-2-3-12(7-14)9-18/h2-8H,10H2,1H3,(H,19,20). The number of hydrogen-bond acceptors (Lipinski definition) is 3. The Morgan fingerprint density at radius 3 is 2.86 bits per heavy atom. The largest absolute Gasteiger partial charge is 0.484 e. The van der Waals surface area contributed by atoms with E-state index in [4.69, 9.17) is 10.00 Å². The van der Waals surface area contributed by atoms with Crippen molar-refractivity contribution in [2.24, 2.45) is 0 Å². The fraction of sp³-hybridized carbons (Fsp3) is 0.125. The molecule has 1 N–H and O–H groups in total. The van der Waals surface area contributed by atoms with Crippen molar-refractivity contribution >= 4 is 27.5 Å². The van der Waals surface area contributed by atoms with E-state index < -0.39 is 0 Å². The first-order valence-electron chi connectivity index (χ1n) is 6.27. The van der Waals surface area contributed by atoms with Crippen LogP contribution in [0.4, 0.5) is 5.69 Å². The van der Waals surface area contributed by atoms with E-state index in [2.05, 4.69) is 21.2 Å². The van der Waals surface area contributed by atoms with Crippen molar-refractivity contribution in [1.29, 1.82) is 5.26 Å². The average molecular weight is 345 g/mol. The van der Waals surface area contributed by atoms with Crippen LogP contribution in [-0.2, 0) is 4.79 Å². The fourth-order valence-electron chi connectivity index (χ4n) is 1.67. The number of carbonyl (C=O) groups is 1. The van der Waals surface area contributed by atoms with Crippen LogP contribution >= 0.6 is 15.9 Å². The van der Waals surface area contributed by atoms with E-state index in [1.807, 2.05) is 31.2 Å². The molecule has 2 aromatic rings. The van der Waals surface area contributed by atoms with Crippen LogP contribution in [0.25, 0.3) is 0 Å². The van der Waals surface area contributed by atoms with E-state index in [0.29, 0.717) is 17.0 Å². The molecule has 0 bridgehead atoms. The number of hydrogen-bond donors (Lipinski definition) is 1. The fourth-order valence-corrected chi connectivity index (χ4v) is 2.05. The van der Waals surface area contributed by atoms with E-state index in [9.17, 15) is 4.79 Å². The van der Waals surface area contributed by atoms with Crippen molar-refractivity contribution in [3.8, 4) is 11.8 Å². The van der Waals surface area contributed by atoms with Gasteiger partial charge in [0.15, 0.2) is 6.61 Å². The number of anilines is 1. The van der Waals surface area contributed by atoms with Gasteiger partial charge in [0.25, 0.3) is 5.91 Å². The van der Waals surface area contributed by atoms with Crippen molar-refractivity contribution in [1.82, 2.24) is 0 Å². The number of nitrogens with zero attached hydrogens (tertiary/aromatic N) is 1. The quantitative estimate of drug-likeness (QED) is 0.920. The van der Waals surface area contributed by atoms with Crippen LogP contribution < -0.4 is 10.1 Å². The molecular formula is C16H13BrN2O2. The smallest absolute Gasteiger partial charge is 0.262 e. The molecule has 0 aliphatic rings. The molecule has 2 aromatic carbocycles. The van der Waals surface area contributed by atoms with Crippen molar-refractivity contribution in [3.63, 3.8) is 0 Å². The minimum absolute atomic E-state index is 0.111. The zero-order chi connectivity index (χ0) is 15.2. The maximum Gasteiger partial charge on any atom is 0.262 e. The second-order valence-corrected chi connectivity index (χ2v) is 5.29. The summed E-state index contributed by atoms with van der Waals surface area (Å²) in [5.41, 5.74) is 2.29. The summed E-state index contributed by atoms with van der Waals surface area (Å²) in [6, 6.07) is 14.3. The minimum Gasteiger partial charge on any atom is -0.484 e. The molecule has 0 saturated heterocycles. The van der Waals surface area contributed by atoms with Crippen LogP contribution in [0, 0.1) is 18.3 Å². The van der Waals surface area contributed by atoms with Crippen LogP contribution in [0.15, 0.2) is 46.9 Å². The molecule has 0 spiro atoms. The van der Waals surface area contributed by atoms with E-state index in [0.717, 1.165) is 10.0 Å². The van der Waals surface area contributed by atoms with Gasteiger partial charge in [0.05, 0.1) is 11.6 Å². The summed E-state index contributed by atoms with van der Waals surface area (Å²) < 4.78 is 6.29. The van der Waals surface area contributed by atoms with Gasteiger partial charge >= 0.3 is 0 Å². The highest BCUT2D eigenvalue weighted by molar-refractivity contribution is 9.10. The highest BCUT2D eigenvalue weighted by Gasteiger charge is 2.05. The Morgan fingerprint density at radius 2 is 2.14 bits per heavy atom. The second kappa shape index (κ2) is 6.91. The Labute approximate surface area is 131 Å². The highest BCUT2D eigenvalue weighted by Crippen LogP contribution is 2.20. The summed E-state index contributed by atoms with van der Waals surface area (Å²) in [4.78, 5) is 11.8. The molecule has 0 aromatic heterocycles. The number of benzene rings is 2. The molecule has 5 heteroatoms. The number of aryl methyl sites for hydroxylation is 1. The Morgan fingerprint density at radius 1 is 1.33 bits per heavy atom. The molecule has 0 saturated carbocycles. The van der Waals surface area contributed by atoms with Crippen molar-refractivity contribution < 1.29 is 9.53 Å². The van der Waals surface area contributed by atoms with Gasteiger partial charge in [-0.15, -0.1) is 0 Å². The maximum absolute atomic E-state index is 11.8. The molecule has 4 nitrogen and oxygen atoms in total. The molecule has 0 aliphatic heterocycles. The van der Waals surface area contributed by atoms with Crippen molar-refractivity contribution in [3.05, 3.63) is 58.1 Å².